The van der Waals surface area contributed by atoms with Gasteiger partial charge >= 0.3 is 5.97 Å². The van der Waals surface area contributed by atoms with E-state index in [4.69, 9.17) is 9.16 Å². The van der Waals surface area contributed by atoms with Gasteiger partial charge in [0.2, 0.25) is 8.32 Å². The lowest BCUT2D eigenvalue weighted by Gasteiger charge is -2.21. The van der Waals surface area contributed by atoms with Gasteiger partial charge in [0.05, 0.1) is 0 Å². The van der Waals surface area contributed by atoms with Crippen molar-refractivity contribution < 1.29 is 14.0 Å². The molecular formula is C10H20O3Si. The van der Waals surface area contributed by atoms with E-state index in [1.165, 1.54) is 0 Å². The smallest absolute Gasteiger partial charge is 0.332 e. The summed E-state index contributed by atoms with van der Waals surface area (Å²) in [4.78, 5) is 11.1. The molecule has 0 aromatic heterocycles. The van der Waals surface area contributed by atoms with Crippen LogP contribution in [0.1, 0.15) is 20.3 Å². The molecule has 0 radical (unpaired) electrons. The van der Waals surface area contributed by atoms with Crippen molar-refractivity contribution in [1.29, 1.82) is 0 Å². The molecule has 0 aliphatic heterocycles. The fourth-order valence-corrected chi connectivity index (χ4v) is 2.10. The van der Waals surface area contributed by atoms with E-state index in [1.54, 1.807) is 6.92 Å². The molecule has 0 saturated heterocycles. The molecule has 82 valence electrons. The van der Waals surface area contributed by atoms with Crippen LogP contribution in [0.25, 0.3) is 0 Å². The predicted octanol–water partition coefficient (Wildman–Crippen LogP) is 2.28. The Morgan fingerprint density at radius 3 is 2.43 bits per heavy atom. The van der Waals surface area contributed by atoms with Crippen LogP contribution < -0.4 is 0 Å². The second-order valence-corrected chi connectivity index (χ2v) is 8.06. The minimum atomic E-state index is -1.82. The molecule has 0 atom stereocenters. The van der Waals surface area contributed by atoms with Gasteiger partial charge < -0.3 is 9.16 Å². The lowest BCUT2D eigenvalue weighted by atomic mass is 10.4. The highest BCUT2D eigenvalue weighted by atomic mass is 28.4. The van der Waals surface area contributed by atoms with E-state index in [0.717, 1.165) is 13.0 Å². The van der Waals surface area contributed by atoms with Crippen molar-refractivity contribution in [1.82, 2.24) is 0 Å². The van der Waals surface area contributed by atoms with Crippen molar-refractivity contribution in [2.75, 3.05) is 12.8 Å². The van der Waals surface area contributed by atoms with Crippen LogP contribution in [0, 0.1) is 0 Å². The summed E-state index contributed by atoms with van der Waals surface area (Å²) in [6, 6.07) is 0. The molecule has 0 aliphatic rings. The van der Waals surface area contributed by atoms with Gasteiger partial charge in [-0.05, 0) is 26.4 Å². The summed E-state index contributed by atoms with van der Waals surface area (Å²) < 4.78 is 10.7. The Morgan fingerprint density at radius 2 is 2.00 bits per heavy atom. The van der Waals surface area contributed by atoms with Crippen LogP contribution in [-0.4, -0.2) is 27.1 Å². The zero-order valence-corrected chi connectivity index (χ0v) is 10.6. The number of rotatable bonds is 6. The van der Waals surface area contributed by atoms with Gasteiger partial charge in [0.15, 0.2) is 0 Å². The molecule has 0 aromatic rings. The van der Waals surface area contributed by atoms with Crippen molar-refractivity contribution in [3.63, 3.8) is 0 Å². The number of carbonyl (C=O) groups is 1. The van der Waals surface area contributed by atoms with E-state index in [1.807, 2.05) is 13.1 Å². The van der Waals surface area contributed by atoms with Gasteiger partial charge in [0.25, 0.3) is 0 Å². The average Bonchev–Trinajstić information content (AvgIpc) is 2.11. The first kappa shape index (κ1) is 13.4. The second kappa shape index (κ2) is 5.98. The molecule has 3 nitrogen and oxygen atoms in total. The third-order valence-corrected chi connectivity index (χ3v) is 3.42. The fourth-order valence-electron chi connectivity index (χ4n) is 0.783. The molecule has 0 unspecified atom stereocenters. The topological polar surface area (TPSA) is 35.5 Å². The number of ether oxygens (including phenoxy) is 1. The molecule has 0 amide bonds. The van der Waals surface area contributed by atoms with Crippen molar-refractivity contribution >= 4 is 14.3 Å². The van der Waals surface area contributed by atoms with Crippen LogP contribution in [-0.2, 0) is 14.0 Å². The highest BCUT2D eigenvalue weighted by Gasteiger charge is 2.24. The molecule has 0 heterocycles. The van der Waals surface area contributed by atoms with Gasteiger partial charge in [-0.3, -0.25) is 0 Å². The molecule has 0 aromatic carbocycles. The molecule has 0 spiro atoms. The zero-order valence-electron chi connectivity index (χ0n) is 9.55. The van der Waals surface area contributed by atoms with Crippen molar-refractivity contribution in [3.8, 4) is 0 Å². The van der Waals surface area contributed by atoms with E-state index in [2.05, 4.69) is 13.5 Å². The van der Waals surface area contributed by atoms with Gasteiger partial charge in [-0.1, -0.05) is 13.5 Å². The van der Waals surface area contributed by atoms with Crippen LogP contribution in [0.5, 0.6) is 0 Å². The standard InChI is InChI=1S/C10H20O3Si/c1-6-7-13-14(4,5)8-12-10(11)9(2)3/h2,6-8H2,1,3-5H3. The minimum absolute atomic E-state index is 0.328. The number of carbonyl (C=O) groups excluding carboxylic acids is 1. The second-order valence-electron chi connectivity index (χ2n) is 3.96. The summed E-state index contributed by atoms with van der Waals surface area (Å²) in [6.45, 7) is 12.0. The lowest BCUT2D eigenvalue weighted by Crippen LogP contribution is -2.38. The Labute approximate surface area is 87.2 Å². The molecular weight excluding hydrogens is 196 g/mol. The first-order valence-corrected chi connectivity index (χ1v) is 7.97. The van der Waals surface area contributed by atoms with E-state index < -0.39 is 8.32 Å². The third kappa shape index (κ3) is 5.94. The van der Waals surface area contributed by atoms with Crippen LogP contribution >= 0.6 is 0 Å². The quantitative estimate of drug-likeness (QED) is 0.388. The van der Waals surface area contributed by atoms with Gasteiger partial charge in [0, 0.05) is 12.2 Å². The Balaban J connectivity index is 3.86. The summed E-state index contributed by atoms with van der Waals surface area (Å²) in [5.74, 6) is -0.328. The molecule has 4 heteroatoms. The number of esters is 1. The summed E-state index contributed by atoms with van der Waals surface area (Å²) >= 11 is 0. The number of hydrogen-bond donors (Lipinski definition) is 0. The Kier molecular flexibility index (Phi) is 5.72. The zero-order chi connectivity index (χ0) is 11.2. The maximum absolute atomic E-state index is 11.1. The van der Waals surface area contributed by atoms with E-state index >= 15 is 0 Å². The van der Waals surface area contributed by atoms with Crippen molar-refractivity contribution in [3.05, 3.63) is 12.2 Å². The molecule has 14 heavy (non-hydrogen) atoms. The monoisotopic (exact) mass is 216 g/mol. The summed E-state index contributed by atoms with van der Waals surface area (Å²) in [5.41, 5.74) is 0.435. The molecule has 0 fully saturated rings. The van der Waals surface area contributed by atoms with Crippen molar-refractivity contribution in [2.24, 2.45) is 0 Å². The molecule has 0 saturated carbocycles. The van der Waals surface area contributed by atoms with Crippen LogP contribution in [0.3, 0.4) is 0 Å². The summed E-state index contributed by atoms with van der Waals surface area (Å²) in [6.07, 6.45) is 1.39. The molecule has 0 N–H and O–H groups in total. The van der Waals surface area contributed by atoms with Crippen molar-refractivity contribution in [2.45, 2.75) is 33.4 Å². The Bertz CT molecular complexity index is 211. The Morgan fingerprint density at radius 1 is 1.43 bits per heavy atom. The summed E-state index contributed by atoms with van der Waals surface area (Å²) in [5, 5.41) is 0. The largest absolute Gasteiger partial charge is 0.463 e. The average molecular weight is 216 g/mol. The van der Waals surface area contributed by atoms with Crippen LogP contribution in [0.4, 0.5) is 0 Å². The van der Waals surface area contributed by atoms with Crippen LogP contribution in [0.15, 0.2) is 12.2 Å². The number of hydrogen-bond acceptors (Lipinski definition) is 3. The van der Waals surface area contributed by atoms with Gasteiger partial charge in [-0.2, -0.15) is 0 Å². The normalized spacial score (nSPS) is 11.1. The Hall–Kier alpha value is -0.613. The minimum Gasteiger partial charge on any atom is -0.463 e. The van der Waals surface area contributed by atoms with Gasteiger partial charge in [-0.25, -0.2) is 4.79 Å². The maximum atomic E-state index is 11.1. The van der Waals surface area contributed by atoms with E-state index in [9.17, 15) is 4.79 Å². The van der Waals surface area contributed by atoms with E-state index in [-0.39, 0.29) is 5.97 Å². The first-order valence-electron chi connectivity index (χ1n) is 4.85. The first-order chi connectivity index (χ1) is 6.39. The lowest BCUT2D eigenvalue weighted by molar-refractivity contribution is -0.137. The highest BCUT2D eigenvalue weighted by Crippen LogP contribution is 2.06. The SMILES string of the molecule is C=C(C)C(=O)OC[Si](C)(C)OCCC. The third-order valence-electron chi connectivity index (χ3n) is 1.60. The predicted molar refractivity (Wildman–Crippen MR) is 59.5 cm³/mol. The highest BCUT2D eigenvalue weighted by molar-refractivity contribution is 6.71. The molecule has 0 bridgehead atoms. The fraction of sp³-hybridized carbons (Fsp3) is 0.700. The molecule has 0 aliphatic carbocycles. The van der Waals surface area contributed by atoms with Gasteiger partial charge in [0.1, 0.15) is 6.23 Å². The maximum Gasteiger partial charge on any atom is 0.332 e. The molecule has 0 rings (SSSR count). The van der Waals surface area contributed by atoms with Gasteiger partial charge in [-0.15, -0.1) is 0 Å². The summed E-state index contributed by atoms with van der Waals surface area (Å²) in [7, 11) is -1.82. The van der Waals surface area contributed by atoms with Crippen LogP contribution in [0.2, 0.25) is 13.1 Å². The van der Waals surface area contributed by atoms with E-state index in [0.29, 0.717) is 11.8 Å².